The molecule has 0 radical (unpaired) electrons. The summed E-state index contributed by atoms with van der Waals surface area (Å²) in [6, 6.07) is 0. The van der Waals surface area contributed by atoms with E-state index in [1.165, 1.54) is 6.42 Å². The molecule has 4 nitrogen and oxygen atoms in total. The summed E-state index contributed by atoms with van der Waals surface area (Å²) in [6.45, 7) is 6.18. The van der Waals surface area contributed by atoms with E-state index in [4.69, 9.17) is 5.11 Å². The Bertz CT molecular complexity index is 276. The van der Waals surface area contributed by atoms with Crippen molar-refractivity contribution in [3.63, 3.8) is 0 Å². The lowest BCUT2D eigenvalue weighted by Crippen LogP contribution is -3.00. The molecule has 0 aliphatic rings. The molecule has 5 heteroatoms. The number of aliphatic hydroxyl groups excluding tert-OH is 1. The molecule has 88 valence electrons. The zero-order valence-electron chi connectivity index (χ0n) is 9.49. The molecule has 1 rings (SSSR count). The predicted octanol–water partition coefficient (Wildman–Crippen LogP) is -2.12. The smallest absolute Gasteiger partial charge is 0.192 e. The maximum Gasteiger partial charge on any atom is 0.192 e. The molecule has 0 spiro atoms. The number of halogens is 1. The average Bonchev–Trinajstić information content (AvgIpc) is 2.58. The Morgan fingerprint density at radius 1 is 1.40 bits per heavy atom. The number of nitrogens with zero attached hydrogens (tertiary/aromatic N) is 3. The first-order valence-corrected chi connectivity index (χ1v) is 5.39. The molecular weight excluding hydrogens is 258 g/mol. The van der Waals surface area contributed by atoms with Crippen molar-refractivity contribution in [2.45, 2.75) is 52.8 Å². The Labute approximate surface area is 102 Å². The summed E-state index contributed by atoms with van der Waals surface area (Å²) in [7, 11) is 0. The van der Waals surface area contributed by atoms with Crippen molar-refractivity contribution in [3.8, 4) is 0 Å². The summed E-state index contributed by atoms with van der Waals surface area (Å²) in [6.07, 6.45) is 5.29. The molecule has 0 saturated heterocycles. The Hall–Kier alpha value is -0.420. The number of hydrogen-bond donors (Lipinski definition) is 1. The van der Waals surface area contributed by atoms with Gasteiger partial charge in [-0.05, 0) is 12.8 Å². The van der Waals surface area contributed by atoms with Crippen LogP contribution in [-0.2, 0) is 19.7 Å². The van der Waals surface area contributed by atoms with Crippen LogP contribution in [-0.4, -0.2) is 15.0 Å². The van der Waals surface area contributed by atoms with Crippen LogP contribution in [0.25, 0.3) is 0 Å². The molecule has 0 bridgehead atoms. The minimum atomic E-state index is 0. The number of unbranched alkanes of at least 4 members (excludes halogenated alkanes) is 1. The summed E-state index contributed by atoms with van der Waals surface area (Å²) in [5.74, 6) is 0. The Kier molecular flexibility index (Phi) is 7.60. The SMILES string of the molecule is CCCC[n+]1cc(CO)n(CCC)n1.[Br-]. The highest BCUT2D eigenvalue weighted by molar-refractivity contribution is 4.87. The Balaban J connectivity index is 0.00000196. The third-order valence-corrected chi connectivity index (χ3v) is 2.19. The first kappa shape index (κ1) is 14.6. The summed E-state index contributed by atoms with van der Waals surface area (Å²) in [5.41, 5.74) is 0.906. The van der Waals surface area contributed by atoms with Crippen molar-refractivity contribution in [2.24, 2.45) is 0 Å². The second-order valence-electron chi connectivity index (χ2n) is 3.51. The number of aromatic nitrogens is 3. The van der Waals surface area contributed by atoms with Gasteiger partial charge in [-0.3, -0.25) is 0 Å². The monoisotopic (exact) mass is 277 g/mol. The van der Waals surface area contributed by atoms with Crippen molar-refractivity contribution in [1.29, 1.82) is 0 Å². The van der Waals surface area contributed by atoms with Gasteiger partial charge in [0.1, 0.15) is 19.7 Å². The molecule has 0 saturated carbocycles. The molecule has 1 N–H and O–H groups in total. The minimum absolute atomic E-state index is 0. The fourth-order valence-corrected chi connectivity index (χ4v) is 1.41. The standard InChI is InChI=1S/C10H20N3O.BrH/c1-3-5-7-12-8-10(9-14)13(11-12)6-4-2;/h8,14H,3-7,9H2,1-2H3;1H/q+1;/p-1. The van der Waals surface area contributed by atoms with Gasteiger partial charge in [-0.25, -0.2) is 0 Å². The molecule has 1 aromatic heterocycles. The van der Waals surface area contributed by atoms with Crippen molar-refractivity contribution in [1.82, 2.24) is 9.90 Å². The molecule has 0 fully saturated rings. The third kappa shape index (κ3) is 4.30. The van der Waals surface area contributed by atoms with Gasteiger partial charge in [0.15, 0.2) is 11.9 Å². The van der Waals surface area contributed by atoms with Gasteiger partial charge in [0.2, 0.25) is 0 Å². The normalized spacial score (nSPS) is 10.1. The molecule has 0 aromatic carbocycles. The quantitative estimate of drug-likeness (QED) is 0.604. The topological polar surface area (TPSA) is 41.9 Å². The van der Waals surface area contributed by atoms with E-state index in [0.717, 1.165) is 31.6 Å². The third-order valence-electron chi connectivity index (χ3n) is 2.19. The largest absolute Gasteiger partial charge is 1.00 e. The van der Waals surface area contributed by atoms with Gasteiger partial charge < -0.3 is 22.1 Å². The number of rotatable bonds is 6. The van der Waals surface area contributed by atoms with E-state index in [0.29, 0.717) is 0 Å². The van der Waals surface area contributed by atoms with Crippen LogP contribution in [0.4, 0.5) is 0 Å². The summed E-state index contributed by atoms with van der Waals surface area (Å²) < 4.78 is 3.81. The van der Waals surface area contributed by atoms with Gasteiger partial charge in [0.05, 0.1) is 5.21 Å². The fraction of sp³-hybridized carbons (Fsp3) is 0.800. The van der Waals surface area contributed by atoms with Gasteiger partial charge in [0, 0.05) is 0 Å². The summed E-state index contributed by atoms with van der Waals surface area (Å²) in [5, 5.41) is 13.5. The van der Waals surface area contributed by atoms with E-state index in [-0.39, 0.29) is 23.6 Å². The van der Waals surface area contributed by atoms with E-state index in [1.54, 1.807) is 0 Å². The molecule has 1 aromatic rings. The zero-order valence-corrected chi connectivity index (χ0v) is 11.1. The molecule has 0 aliphatic heterocycles. The van der Waals surface area contributed by atoms with Crippen LogP contribution in [0.15, 0.2) is 6.20 Å². The minimum Gasteiger partial charge on any atom is -1.00 e. The Morgan fingerprint density at radius 3 is 2.67 bits per heavy atom. The lowest BCUT2D eigenvalue weighted by molar-refractivity contribution is -0.755. The van der Waals surface area contributed by atoms with Crippen LogP contribution in [0, 0.1) is 0 Å². The molecule has 0 amide bonds. The second kappa shape index (κ2) is 7.82. The summed E-state index contributed by atoms with van der Waals surface area (Å²) >= 11 is 0. The van der Waals surface area contributed by atoms with Gasteiger partial charge in [0.25, 0.3) is 0 Å². The van der Waals surface area contributed by atoms with Gasteiger partial charge in [-0.15, -0.1) is 9.36 Å². The van der Waals surface area contributed by atoms with Crippen LogP contribution in [0.5, 0.6) is 0 Å². The average molecular weight is 278 g/mol. The summed E-state index contributed by atoms with van der Waals surface area (Å²) in [4.78, 5) is 0. The second-order valence-corrected chi connectivity index (χ2v) is 3.51. The number of hydrogen-bond acceptors (Lipinski definition) is 2. The lowest BCUT2D eigenvalue weighted by atomic mass is 10.3. The first-order valence-electron chi connectivity index (χ1n) is 5.39. The fourth-order valence-electron chi connectivity index (χ4n) is 1.41. The van der Waals surface area contributed by atoms with Crippen molar-refractivity contribution in [2.75, 3.05) is 0 Å². The van der Waals surface area contributed by atoms with Gasteiger partial charge in [-0.2, -0.15) is 0 Å². The maximum absolute atomic E-state index is 9.11. The molecule has 0 atom stereocenters. The van der Waals surface area contributed by atoms with E-state index in [2.05, 4.69) is 19.1 Å². The first-order chi connectivity index (χ1) is 6.81. The molecule has 1 heterocycles. The van der Waals surface area contributed by atoms with Crippen LogP contribution in [0.3, 0.4) is 0 Å². The van der Waals surface area contributed by atoms with Crippen LogP contribution in [0.2, 0.25) is 0 Å². The van der Waals surface area contributed by atoms with Crippen LogP contribution < -0.4 is 21.7 Å². The molecule has 15 heavy (non-hydrogen) atoms. The molecule has 0 aliphatic carbocycles. The maximum atomic E-state index is 9.11. The highest BCUT2D eigenvalue weighted by Gasteiger charge is 2.13. The predicted molar refractivity (Wildman–Crippen MR) is 53.5 cm³/mol. The van der Waals surface area contributed by atoms with E-state index < -0.39 is 0 Å². The Morgan fingerprint density at radius 2 is 2.13 bits per heavy atom. The van der Waals surface area contributed by atoms with Crippen LogP contribution >= 0.6 is 0 Å². The number of aliphatic hydroxyl groups is 1. The molecule has 0 unspecified atom stereocenters. The zero-order chi connectivity index (χ0) is 10.4. The molecular formula is C10H20BrN3O. The van der Waals surface area contributed by atoms with Crippen molar-refractivity contribution in [3.05, 3.63) is 11.9 Å². The van der Waals surface area contributed by atoms with Gasteiger partial charge in [-0.1, -0.05) is 20.3 Å². The lowest BCUT2D eigenvalue weighted by Gasteiger charge is -1.91. The van der Waals surface area contributed by atoms with E-state index >= 15 is 0 Å². The van der Waals surface area contributed by atoms with Crippen molar-refractivity contribution >= 4 is 0 Å². The van der Waals surface area contributed by atoms with Gasteiger partial charge >= 0.3 is 0 Å². The highest BCUT2D eigenvalue weighted by Crippen LogP contribution is 1.97. The van der Waals surface area contributed by atoms with Crippen LogP contribution in [0.1, 0.15) is 38.8 Å². The van der Waals surface area contributed by atoms with E-state index in [9.17, 15) is 0 Å². The highest BCUT2D eigenvalue weighted by atomic mass is 79.9. The van der Waals surface area contributed by atoms with Crippen molar-refractivity contribution < 1.29 is 26.8 Å². The van der Waals surface area contributed by atoms with E-state index in [1.807, 2.05) is 15.6 Å². The number of aryl methyl sites for hydroxylation is 2.